The molecule has 0 aromatic carbocycles. The predicted molar refractivity (Wildman–Crippen MR) is 116 cm³/mol. The molecule has 1 saturated heterocycles. The summed E-state index contributed by atoms with van der Waals surface area (Å²) in [7, 11) is 0. The summed E-state index contributed by atoms with van der Waals surface area (Å²) in [6.07, 6.45) is 2.00. The Hall–Kier alpha value is -2.32. The van der Waals surface area contributed by atoms with Gasteiger partial charge in [-0.05, 0) is 24.3 Å². The van der Waals surface area contributed by atoms with Gasteiger partial charge in [-0.2, -0.15) is 0 Å². The van der Waals surface area contributed by atoms with E-state index in [2.05, 4.69) is 27.2 Å². The Morgan fingerprint density at radius 1 is 1.20 bits per heavy atom. The smallest absolute Gasteiger partial charge is 0.261 e. The molecule has 0 unspecified atom stereocenters. The molecule has 0 radical (unpaired) electrons. The van der Waals surface area contributed by atoms with Crippen LogP contribution in [0.5, 0.6) is 0 Å². The SMILES string of the molecule is CCc1nc(CN2CCN(C(=O)c3cc4c([nH]c3=O)CC(C)(C)CC4=O)CC2)cs1. The van der Waals surface area contributed by atoms with Crippen molar-refractivity contribution in [1.29, 1.82) is 0 Å². The summed E-state index contributed by atoms with van der Waals surface area (Å²) in [4.78, 5) is 49.6. The van der Waals surface area contributed by atoms with Gasteiger partial charge in [0.2, 0.25) is 0 Å². The number of hydrogen-bond acceptors (Lipinski definition) is 6. The van der Waals surface area contributed by atoms with Gasteiger partial charge in [0.25, 0.3) is 11.5 Å². The summed E-state index contributed by atoms with van der Waals surface area (Å²) in [5.74, 6) is -0.302. The number of Topliss-reactive ketones (excluding diaryl/α,β-unsaturated/α-hetero) is 1. The van der Waals surface area contributed by atoms with Crippen LogP contribution in [0.4, 0.5) is 0 Å². The molecule has 160 valence electrons. The van der Waals surface area contributed by atoms with E-state index in [4.69, 9.17) is 0 Å². The second-order valence-corrected chi connectivity index (χ2v) is 9.94. The summed E-state index contributed by atoms with van der Waals surface area (Å²) in [6.45, 7) is 9.49. The average Bonchev–Trinajstić information content (AvgIpc) is 3.14. The number of carbonyl (C=O) groups excluding carboxylic acids is 2. The van der Waals surface area contributed by atoms with Gasteiger partial charge in [-0.1, -0.05) is 20.8 Å². The van der Waals surface area contributed by atoms with Crippen molar-refractivity contribution in [1.82, 2.24) is 19.8 Å². The number of hydrogen-bond donors (Lipinski definition) is 1. The number of nitrogens with zero attached hydrogens (tertiary/aromatic N) is 3. The largest absolute Gasteiger partial charge is 0.336 e. The van der Waals surface area contributed by atoms with Gasteiger partial charge in [0.15, 0.2) is 5.78 Å². The number of aromatic nitrogens is 2. The first-order chi connectivity index (χ1) is 14.3. The lowest BCUT2D eigenvalue weighted by Crippen LogP contribution is -2.49. The number of thiazole rings is 1. The highest BCUT2D eigenvalue weighted by molar-refractivity contribution is 7.09. The van der Waals surface area contributed by atoms with Gasteiger partial charge in [0, 0.05) is 55.8 Å². The zero-order valence-electron chi connectivity index (χ0n) is 17.8. The number of aryl methyl sites for hydroxylation is 1. The minimum absolute atomic E-state index is 0.00826. The normalized spacial score (nSPS) is 19.0. The van der Waals surface area contributed by atoms with E-state index in [1.807, 2.05) is 13.8 Å². The summed E-state index contributed by atoms with van der Waals surface area (Å²) in [6, 6.07) is 1.52. The Morgan fingerprint density at radius 3 is 2.60 bits per heavy atom. The molecule has 1 fully saturated rings. The standard InChI is InChI=1S/C22H28N4O3S/c1-4-19-23-14(13-30-19)12-25-5-7-26(8-6-25)21(29)16-9-15-17(24-20(16)28)10-22(2,3)11-18(15)27/h9,13H,4-8,10-12H2,1-3H3,(H,24,28). The fourth-order valence-corrected chi connectivity index (χ4v) is 5.02. The summed E-state index contributed by atoms with van der Waals surface area (Å²) in [5, 5.41) is 3.24. The second-order valence-electron chi connectivity index (χ2n) is 9.00. The maximum absolute atomic E-state index is 13.0. The van der Waals surface area contributed by atoms with E-state index in [0.717, 1.165) is 36.8 Å². The third-order valence-electron chi connectivity index (χ3n) is 5.89. The van der Waals surface area contributed by atoms with Crippen molar-refractivity contribution in [3.05, 3.63) is 49.3 Å². The summed E-state index contributed by atoms with van der Waals surface area (Å²) < 4.78 is 0. The van der Waals surface area contributed by atoms with Crippen molar-refractivity contribution in [2.24, 2.45) is 5.41 Å². The Kier molecular flexibility index (Phi) is 5.63. The molecule has 1 N–H and O–H groups in total. The first-order valence-corrected chi connectivity index (χ1v) is 11.4. The lowest BCUT2D eigenvalue weighted by atomic mass is 9.75. The molecular formula is C22H28N4O3S. The minimum atomic E-state index is -0.402. The van der Waals surface area contributed by atoms with E-state index in [9.17, 15) is 14.4 Å². The van der Waals surface area contributed by atoms with Crippen molar-refractivity contribution < 1.29 is 9.59 Å². The monoisotopic (exact) mass is 428 g/mol. The zero-order chi connectivity index (χ0) is 21.5. The summed E-state index contributed by atoms with van der Waals surface area (Å²) in [5.41, 5.74) is 1.71. The fourth-order valence-electron chi connectivity index (χ4n) is 4.28. The molecule has 2 aromatic rings. The van der Waals surface area contributed by atoms with Crippen LogP contribution in [0, 0.1) is 5.41 Å². The Balaban J connectivity index is 1.44. The number of ketones is 1. The molecule has 8 heteroatoms. The van der Waals surface area contributed by atoms with Crippen LogP contribution in [0.2, 0.25) is 0 Å². The number of rotatable bonds is 4. The van der Waals surface area contributed by atoms with Gasteiger partial charge in [-0.15, -0.1) is 11.3 Å². The molecule has 1 aliphatic heterocycles. The molecule has 0 saturated carbocycles. The van der Waals surface area contributed by atoms with Crippen molar-refractivity contribution >= 4 is 23.0 Å². The predicted octanol–water partition coefficient (Wildman–Crippen LogP) is 2.51. The third kappa shape index (κ3) is 4.25. The molecule has 1 aliphatic carbocycles. The minimum Gasteiger partial charge on any atom is -0.336 e. The van der Waals surface area contributed by atoms with E-state index in [-0.39, 0.29) is 22.7 Å². The number of nitrogens with one attached hydrogen (secondary N) is 1. The van der Waals surface area contributed by atoms with Crippen LogP contribution < -0.4 is 5.56 Å². The molecule has 1 amide bonds. The lowest BCUT2D eigenvalue weighted by molar-refractivity contribution is 0.0625. The average molecular weight is 429 g/mol. The van der Waals surface area contributed by atoms with Crippen molar-refractivity contribution in [2.75, 3.05) is 26.2 Å². The van der Waals surface area contributed by atoms with Crippen molar-refractivity contribution in [2.45, 2.75) is 46.6 Å². The van der Waals surface area contributed by atoms with Crippen LogP contribution >= 0.6 is 11.3 Å². The molecule has 0 spiro atoms. The topological polar surface area (TPSA) is 86.4 Å². The van der Waals surface area contributed by atoms with Gasteiger partial charge < -0.3 is 9.88 Å². The third-order valence-corrected chi connectivity index (χ3v) is 6.94. The summed E-state index contributed by atoms with van der Waals surface area (Å²) >= 11 is 1.69. The Morgan fingerprint density at radius 2 is 1.93 bits per heavy atom. The van der Waals surface area contributed by atoms with Crippen LogP contribution in [-0.4, -0.2) is 57.6 Å². The van der Waals surface area contributed by atoms with Crippen LogP contribution in [0.1, 0.15) is 64.3 Å². The second kappa shape index (κ2) is 8.07. The van der Waals surface area contributed by atoms with Crippen LogP contribution in [0.15, 0.2) is 16.2 Å². The maximum Gasteiger partial charge on any atom is 0.261 e. The van der Waals surface area contributed by atoms with Gasteiger partial charge in [0.05, 0.1) is 10.7 Å². The van der Waals surface area contributed by atoms with Crippen LogP contribution in [0.25, 0.3) is 0 Å². The number of aromatic amines is 1. The van der Waals surface area contributed by atoms with Crippen LogP contribution in [0.3, 0.4) is 0 Å². The van der Waals surface area contributed by atoms with E-state index in [1.165, 1.54) is 6.07 Å². The quantitative estimate of drug-likeness (QED) is 0.809. The fraction of sp³-hybridized carbons (Fsp3) is 0.545. The van der Waals surface area contributed by atoms with Gasteiger partial charge in [-0.3, -0.25) is 19.3 Å². The van der Waals surface area contributed by atoms with Gasteiger partial charge in [0.1, 0.15) is 5.56 Å². The van der Waals surface area contributed by atoms with Crippen molar-refractivity contribution in [3.8, 4) is 0 Å². The van der Waals surface area contributed by atoms with E-state index < -0.39 is 5.56 Å². The zero-order valence-corrected chi connectivity index (χ0v) is 18.6. The van der Waals surface area contributed by atoms with Crippen molar-refractivity contribution in [3.63, 3.8) is 0 Å². The highest BCUT2D eigenvalue weighted by atomic mass is 32.1. The molecule has 2 aliphatic rings. The number of amides is 1. The lowest BCUT2D eigenvalue weighted by Gasteiger charge is -2.34. The first-order valence-electron chi connectivity index (χ1n) is 10.5. The number of piperazine rings is 1. The maximum atomic E-state index is 13.0. The molecule has 3 heterocycles. The molecule has 30 heavy (non-hydrogen) atoms. The first kappa shape index (κ1) is 20.9. The molecule has 7 nitrogen and oxygen atoms in total. The number of H-pyrrole nitrogens is 1. The van der Waals surface area contributed by atoms with E-state index >= 15 is 0 Å². The highest BCUT2D eigenvalue weighted by Gasteiger charge is 2.33. The molecular weight excluding hydrogens is 400 g/mol. The van der Waals surface area contributed by atoms with Gasteiger partial charge in [-0.25, -0.2) is 4.98 Å². The molecule has 4 rings (SSSR count). The van der Waals surface area contributed by atoms with E-state index in [0.29, 0.717) is 37.2 Å². The van der Waals surface area contributed by atoms with Crippen LogP contribution in [-0.2, 0) is 19.4 Å². The molecule has 0 bridgehead atoms. The highest BCUT2D eigenvalue weighted by Crippen LogP contribution is 2.33. The van der Waals surface area contributed by atoms with Gasteiger partial charge >= 0.3 is 0 Å². The molecule has 2 aromatic heterocycles. The number of pyridine rings is 1. The Labute approximate surface area is 180 Å². The molecule has 0 atom stereocenters. The Bertz CT molecular complexity index is 1030. The number of fused-ring (bicyclic) bond motifs is 1. The number of carbonyl (C=O) groups is 2. The van der Waals surface area contributed by atoms with E-state index in [1.54, 1.807) is 16.2 Å².